The van der Waals surface area contributed by atoms with E-state index in [9.17, 15) is 23.9 Å². The molecule has 0 radical (unpaired) electrons. The average Bonchev–Trinajstić information content (AvgIpc) is 3.12. The number of aromatic carboxylic acids is 1. The molecule has 2 N–H and O–H groups in total. The molecule has 1 aliphatic rings. The van der Waals surface area contributed by atoms with E-state index >= 15 is 0 Å². The molecule has 1 aromatic carbocycles. The van der Waals surface area contributed by atoms with E-state index < -0.39 is 30.6 Å². The molecule has 12 heteroatoms. The number of rotatable bonds is 6. The molecule has 35 heavy (non-hydrogen) atoms. The first-order chi connectivity index (χ1) is 16.5. The summed E-state index contributed by atoms with van der Waals surface area (Å²) in [6.45, 7) is 2.83. The molecule has 1 saturated heterocycles. The summed E-state index contributed by atoms with van der Waals surface area (Å²) >= 11 is 5.85. The number of aryl methyl sites for hydroxylation is 1. The summed E-state index contributed by atoms with van der Waals surface area (Å²) in [5, 5.41) is 22.3. The van der Waals surface area contributed by atoms with E-state index in [4.69, 9.17) is 16.3 Å². The van der Waals surface area contributed by atoms with Crippen LogP contribution in [0, 0.1) is 18.3 Å². The van der Waals surface area contributed by atoms with Gasteiger partial charge in [0.15, 0.2) is 17.2 Å². The molecule has 1 aliphatic heterocycles. The van der Waals surface area contributed by atoms with Gasteiger partial charge < -0.3 is 20.1 Å². The van der Waals surface area contributed by atoms with E-state index in [0.717, 1.165) is 5.56 Å². The average molecular weight is 503 g/mol. The van der Waals surface area contributed by atoms with Crippen molar-refractivity contribution in [1.82, 2.24) is 15.0 Å². The third-order valence-electron chi connectivity index (χ3n) is 5.78. The van der Waals surface area contributed by atoms with Crippen molar-refractivity contribution >= 4 is 40.1 Å². The van der Waals surface area contributed by atoms with Crippen LogP contribution in [0.25, 0.3) is 11.0 Å². The number of pyridine rings is 1. The number of nitriles is 1. The summed E-state index contributed by atoms with van der Waals surface area (Å²) in [5.41, 5.74) is 2.20. The molecule has 2 atom stereocenters. The van der Waals surface area contributed by atoms with Gasteiger partial charge in [0.25, 0.3) is 5.92 Å². The fourth-order valence-electron chi connectivity index (χ4n) is 4.14. The van der Waals surface area contributed by atoms with Crippen molar-refractivity contribution in [2.45, 2.75) is 31.9 Å². The van der Waals surface area contributed by atoms with Gasteiger partial charge in [0.2, 0.25) is 0 Å². The minimum Gasteiger partial charge on any atom is -0.476 e. The number of carboxylic acids is 1. The molecule has 0 spiro atoms. The zero-order valence-corrected chi connectivity index (χ0v) is 19.8. The van der Waals surface area contributed by atoms with Crippen molar-refractivity contribution in [2.75, 3.05) is 30.4 Å². The topological polar surface area (TPSA) is 124 Å². The Bertz CT molecular complexity index is 1360. The molecule has 3 aromatic rings. The van der Waals surface area contributed by atoms with Crippen molar-refractivity contribution in [3.8, 4) is 6.07 Å². The Kier molecular flexibility index (Phi) is 6.44. The number of nitrogens with zero attached hydrogens (tertiary/aromatic N) is 5. The van der Waals surface area contributed by atoms with Crippen LogP contribution in [0.1, 0.15) is 40.3 Å². The van der Waals surface area contributed by atoms with Gasteiger partial charge in [0.05, 0.1) is 35.9 Å². The summed E-state index contributed by atoms with van der Waals surface area (Å²) in [6.07, 6.45) is -1.34. The molecule has 0 amide bonds. The van der Waals surface area contributed by atoms with E-state index in [0.29, 0.717) is 16.6 Å². The molecular weight excluding hydrogens is 482 g/mol. The van der Waals surface area contributed by atoms with Gasteiger partial charge in [-0.1, -0.05) is 17.7 Å². The van der Waals surface area contributed by atoms with Crippen molar-refractivity contribution in [3.63, 3.8) is 0 Å². The first-order valence-electron chi connectivity index (χ1n) is 10.6. The van der Waals surface area contributed by atoms with Crippen LogP contribution in [0.4, 0.5) is 20.3 Å². The normalized spacial score (nSPS) is 17.9. The Morgan fingerprint density at radius 2 is 2.11 bits per heavy atom. The number of carbonyl (C=O) groups is 1. The van der Waals surface area contributed by atoms with Gasteiger partial charge in [-0.2, -0.15) is 5.26 Å². The van der Waals surface area contributed by atoms with Crippen LogP contribution in [-0.4, -0.2) is 58.3 Å². The molecular formula is C23H21ClF2N6O3. The number of benzene rings is 1. The molecule has 0 aliphatic carbocycles. The van der Waals surface area contributed by atoms with Crippen LogP contribution in [-0.2, 0) is 4.74 Å². The summed E-state index contributed by atoms with van der Waals surface area (Å²) in [5.74, 6) is -4.33. The first-order valence-corrected chi connectivity index (χ1v) is 11.0. The Labute approximate surface area is 204 Å². The molecule has 2 aromatic heterocycles. The fraction of sp³-hybridized carbons (Fsp3) is 0.348. The van der Waals surface area contributed by atoms with E-state index in [1.165, 1.54) is 24.1 Å². The maximum absolute atomic E-state index is 14.4. The van der Waals surface area contributed by atoms with E-state index in [1.807, 2.05) is 19.1 Å². The van der Waals surface area contributed by atoms with Crippen LogP contribution in [0.3, 0.4) is 0 Å². The number of alkyl halides is 2. The van der Waals surface area contributed by atoms with Gasteiger partial charge in [-0.05, 0) is 37.6 Å². The minimum absolute atomic E-state index is 0.0379. The fourth-order valence-corrected chi connectivity index (χ4v) is 4.29. The lowest BCUT2D eigenvalue weighted by atomic mass is 10.0. The molecule has 182 valence electrons. The van der Waals surface area contributed by atoms with Crippen molar-refractivity contribution in [3.05, 3.63) is 51.9 Å². The van der Waals surface area contributed by atoms with Gasteiger partial charge >= 0.3 is 5.97 Å². The predicted octanol–water partition coefficient (Wildman–Crippen LogP) is 4.20. The summed E-state index contributed by atoms with van der Waals surface area (Å²) in [7, 11) is 1.21. The van der Waals surface area contributed by atoms with Crippen molar-refractivity contribution in [1.29, 1.82) is 5.26 Å². The number of hydrogen-bond donors (Lipinski definition) is 2. The van der Waals surface area contributed by atoms with Gasteiger partial charge in [0.1, 0.15) is 17.3 Å². The maximum atomic E-state index is 14.4. The Balaban J connectivity index is 1.80. The number of hydrogen-bond acceptors (Lipinski definition) is 8. The largest absolute Gasteiger partial charge is 0.476 e. The molecule has 9 nitrogen and oxygen atoms in total. The van der Waals surface area contributed by atoms with E-state index in [1.54, 1.807) is 13.0 Å². The standard InChI is InChI=1S/C23H21ClF2N6O3/c1-11-6-13(12(2)28-14-4-5-18(24)30-20(14)22(33)34)19-15(7-11)29-16(8-27)21(31-19)32-9-17(35-3)23(25,26)10-32/h4-7,12,17,28H,9-10H2,1-3H3,(H,33,34)/t12-,17-/m1/s1. The predicted molar refractivity (Wildman–Crippen MR) is 125 cm³/mol. The van der Waals surface area contributed by atoms with Crippen molar-refractivity contribution in [2.24, 2.45) is 0 Å². The number of methoxy groups -OCH3 is 1. The van der Waals surface area contributed by atoms with E-state index in [2.05, 4.69) is 20.3 Å². The number of nitrogens with one attached hydrogen (secondary N) is 1. The summed E-state index contributed by atoms with van der Waals surface area (Å²) in [4.78, 5) is 25.8. The lowest BCUT2D eigenvalue weighted by Gasteiger charge is -2.21. The SMILES string of the molecule is CO[C@@H]1CN(c2nc3c([C@@H](C)Nc4ccc(Cl)nc4C(=O)O)cc(C)cc3nc2C#N)CC1(F)F. The second-order valence-corrected chi connectivity index (χ2v) is 8.68. The van der Waals surface area contributed by atoms with Crippen LogP contribution in [0.5, 0.6) is 0 Å². The highest BCUT2D eigenvalue weighted by atomic mass is 35.5. The van der Waals surface area contributed by atoms with Gasteiger partial charge in [-0.25, -0.2) is 28.5 Å². The number of aromatic nitrogens is 3. The van der Waals surface area contributed by atoms with Crippen LogP contribution in [0.15, 0.2) is 24.3 Å². The zero-order chi connectivity index (χ0) is 25.5. The van der Waals surface area contributed by atoms with Crippen LogP contribution < -0.4 is 10.2 Å². The lowest BCUT2D eigenvalue weighted by molar-refractivity contribution is -0.0889. The molecule has 3 heterocycles. The Morgan fingerprint density at radius 1 is 1.37 bits per heavy atom. The second kappa shape index (κ2) is 9.20. The highest BCUT2D eigenvalue weighted by Crippen LogP contribution is 2.35. The number of anilines is 2. The minimum atomic E-state index is -3.11. The van der Waals surface area contributed by atoms with E-state index in [-0.39, 0.29) is 34.6 Å². The monoisotopic (exact) mass is 502 g/mol. The van der Waals surface area contributed by atoms with Crippen molar-refractivity contribution < 1.29 is 23.4 Å². The molecule has 1 fully saturated rings. The summed E-state index contributed by atoms with van der Waals surface area (Å²) in [6, 6.07) is 8.03. The first kappa shape index (κ1) is 24.5. The Hall–Kier alpha value is -3.62. The molecule has 4 rings (SSSR count). The highest BCUT2D eigenvalue weighted by molar-refractivity contribution is 6.29. The highest BCUT2D eigenvalue weighted by Gasteiger charge is 2.49. The number of fused-ring (bicyclic) bond motifs is 1. The zero-order valence-electron chi connectivity index (χ0n) is 19.0. The van der Waals surface area contributed by atoms with Crippen LogP contribution in [0.2, 0.25) is 5.15 Å². The third kappa shape index (κ3) is 4.67. The quantitative estimate of drug-likeness (QED) is 0.477. The van der Waals surface area contributed by atoms with Gasteiger partial charge in [-0.3, -0.25) is 0 Å². The number of halogens is 3. The summed E-state index contributed by atoms with van der Waals surface area (Å²) < 4.78 is 33.6. The molecule has 0 unspecified atom stereocenters. The molecule has 0 saturated carbocycles. The van der Waals surface area contributed by atoms with Gasteiger partial charge in [0, 0.05) is 12.7 Å². The van der Waals surface area contributed by atoms with Crippen LogP contribution >= 0.6 is 11.6 Å². The Morgan fingerprint density at radius 3 is 2.74 bits per heavy atom. The number of carboxylic acid groups (broad SMARTS) is 1. The third-order valence-corrected chi connectivity index (χ3v) is 5.99. The lowest BCUT2D eigenvalue weighted by Crippen LogP contribution is -2.33. The number of ether oxygens (including phenoxy) is 1. The second-order valence-electron chi connectivity index (χ2n) is 8.30. The van der Waals surface area contributed by atoms with Gasteiger partial charge in [-0.15, -0.1) is 0 Å². The molecule has 0 bridgehead atoms. The maximum Gasteiger partial charge on any atom is 0.356 e. The smallest absolute Gasteiger partial charge is 0.356 e.